The standard InChI is InChI=1S/C27H25ClN2O/c1-17-6-12-25-23(14-17)21-4-3-5-22(21)27(30-25)19-8-10-20(11-9-19)29-16-18-7-13-26(31-2)24(28)15-18/h3-4,6-16,21-22,27,30H,5H2,1-2H3/t21-,22-,27-/m0/s1. The zero-order valence-electron chi connectivity index (χ0n) is 17.7. The second-order valence-electron chi connectivity index (χ2n) is 8.31. The summed E-state index contributed by atoms with van der Waals surface area (Å²) in [6.07, 6.45) is 7.65. The molecule has 0 saturated carbocycles. The molecule has 3 nitrogen and oxygen atoms in total. The van der Waals surface area contributed by atoms with Crippen molar-refractivity contribution in [2.24, 2.45) is 10.9 Å². The minimum Gasteiger partial charge on any atom is -0.495 e. The second-order valence-corrected chi connectivity index (χ2v) is 8.72. The van der Waals surface area contributed by atoms with E-state index in [9.17, 15) is 0 Å². The first-order chi connectivity index (χ1) is 15.1. The van der Waals surface area contributed by atoms with Crippen molar-refractivity contribution in [1.82, 2.24) is 0 Å². The van der Waals surface area contributed by atoms with Gasteiger partial charge in [-0.2, -0.15) is 0 Å². The highest BCUT2D eigenvalue weighted by Crippen LogP contribution is 2.50. The average molecular weight is 429 g/mol. The summed E-state index contributed by atoms with van der Waals surface area (Å²) in [5.41, 5.74) is 7.16. The van der Waals surface area contributed by atoms with Crippen LogP contribution in [0, 0.1) is 12.8 Å². The number of nitrogens with zero attached hydrogens (tertiary/aromatic N) is 1. The van der Waals surface area contributed by atoms with Gasteiger partial charge in [-0.25, -0.2) is 0 Å². The molecule has 0 fully saturated rings. The highest BCUT2D eigenvalue weighted by molar-refractivity contribution is 6.32. The summed E-state index contributed by atoms with van der Waals surface area (Å²) >= 11 is 6.21. The van der Waals surface area contributed by atoms with Crippen LogP contribution in [-0.2, 0) is 0 Å². The third-order valence-corrected chi connectivity index (χ3v) is 6.60. The predicted octanol–water partition coefficient (Wildman–Crippen LogP) is 7.23. The molecule has 0 radical (unpaired) electrons. The van der Waals surface area contributed by atoms with E-state index in [2.05, 4.69) is 71.8 Å². The van der Waals surface area contributed by atoms with Crippen molar-refractivity contribution < 1.29 is 4.74 Å². The lowest BCUT2D eigenvalue weighted by atomic mass is 9.76. The molecule has 3 atom stereocenters. The fourth-order valence-corrected chi connectivity index (χ4v) is 4.99. The van der Waals surface area contributed by atoms with Crippen LogP contribution >= 0.6 is 11.6 Å². The monoisotopic (exact) mass is 428 g/mol. The van der Waals surface area contributed by atoms with E-state index >= 15 is 0 Å². The maximum atomic E-state index is 6.21. The number of methoxy groups -OCH3 is 1. The Morgan fingerprint density at radius 3 is 2.68 bits per heavy atom. The van der Waals surface area contributed by atoms with Crippen LogP contribution in [0.5, 0.6) is 5.75 Å². The Kier molecular flexibility index (Phi) is 5.29. The molecule has 1 heterocycles. The van der Waals surface area contributed by atoms with Gasteiger partial charge in [0, 0.05) is 17.8 Å². The van der Waals surface area contributed by atoms with Crippen LogP contribution in [0.2, 0.25) is 5.02 Å². The first-order valence-corrected chi connectivity index (χ1v) is 11.0. The topological polar surface area (TPSA) is 33.6 Å². The van der Waals surface area contributed by atoms with Crippen molar-refractivity contribution in [3.63, 3.8) is 0 Å². The van der Waals surface area contributed by atoms with E-state index in [0.717, 1.165) is 17.7 Å². The maximum Gasteiger partial charge on any atom is 0.137 e. The van der Waals surface area contributed by atoms with Crippen LogP contribution in [0.15, 0.2) is 77.8 Å². The summed E-state index contributed by atoms with van der Waals surface area (Å²) in [4.78, 5) is 4.61. The van der Waals surface area contributed by atoms with Crippen molar-refractivity contribution in [3.8, 4) is 5.75 Å². The van der Waals surface area contributed by atoms with Gasteiger partial charge in [-0.15, -0.1) is 0 Å². The van der Waals surface area contributed by atoms with Gasteiger partial charge in [0.05, 0.1) is 23.9 Å². The van der Waals surface area contributed by atoms with Gasteiger partial charge >= 0.3 is 0 Å². The number of rotatable bonds is 4. The van der Waals surface area contributed by atoms with Crippen LogP contribution < -0.4 is 10.1 Å². The second kappa shape index (κ2) is 8.24. The molecule has 1 aliphatic heterocycles. The Bertz CT molecular complexity index is 1170. The molecule has 4 heteroatoms. The van der Waals surface area contributed by atoms with E-state index in [1.165, 1.54) is 22.4 Å². The Balaban J connectivity index is 1.36. The number of anilines is 1. The van der Waals surface area contributed by atoms with Crippen LogP contribution in [0.4, 0.5) is 11.4 Å². The van der Waals surface area contributed by atoms with Crippen molar-refractivity contribution >= 4 is 29.2 Å². The van der Waals surface area contributed by atoms with Crippen LogP contribution in [0.1, 0.15) is 40.6 Å². The third-order valence-electron chi connectivity index (χ3n) is 6.31. The van der Waals surface area contributed by atoms with Crippen molar-refractivity contribution in [2.75, 3.05) is 12.4 Å². The number of nitrogens with one attached hydrogen (secondary N) is 1. The first kappa shape index (κ1) is 19.9. The van der Waals surface area contributed by atoms with Crippen molar-refractivity contribution in [3.05, 3.63) is 100 Å². The Labute approximate surface area is 188 Å². The van der Waals surface area contributed by atoms with Gasteiger partial charge in [0.25, 0.3) is 0 Å². The Hall–Kier alpha value is -3.04. The van der Waals surface area contributed by atoms with Crippen molar-refractivity contribution in [1.29, 1.82) is 0 Å². The zero-order valence-corrected chi connectivity index (χ0v) is 18.4. The number of fused-ring (bicyclic) bond motifs is 3. The largest absolute Gasteiger partial charge is 0.495 e. The highest BCUT2D eigenvalue weighted by Gasteiger charge is 2.37. The van der Waals surface area contributed by atoms with Crippen LogP contribution in [0.25, 0.3) is 0 Å². The smallest absolute Gasteiger partial charge is 0.137 e. The zero-order chi connectivity index (χ0) is 21.4. The number of ether oxygens (including phenoxy) is 1. The van der Waals surface area contributed by atoms with Crippen molar-refractivity contribution in [2.45, 2.75) is 25.3 Å². The third kappa shape index (κ3) is 3.86. The van der Waals surface area contributed by atoms with Gasteiger partial charge in [0.1, 0.15) is 5.75 Å². The number of hydrogen-bond acceptors (Lipinski definition) is 3. The summed E-state index contributed by atoms with van der Waals surface area (Å²) in [7, 11) is 1.61. The average Bonchev–Trinajstić information content (AvgIpc) is 3.28. The lowest BCUT2D eigenvalue weighted by molar-refractivity contribution is 0.415. The maximum absolute atomic E-state index is 6.21. The molecule has 156 valence electrons. The normalized spacial score (nSPS) is 21.6. The fraction of sp³-hybridized carbons (Fsp3) is 0.222. The molecule has 1 N–H and O–H groups in total. The first-order valence-electron chi connectivity index (χ1n) is 10.6. The molecule has 3 aromatic rings. The molecule has 0 saturated heterocycles. The lowest BCUT2D eigenvalue weighted by Crippen LogP contribution is -2.29. The van der Waals surface area contributed by atoms with Gasteiger partial charge in [-0.1, -0.05) is 53.6 Å². The quantitative estimate of drug-likeness (QED) is 0.351. The van der Waals surface area contributed by atoms with Gasteiger partial charge in [-0.3, -0.25) is 4.99 Å². The van der Waals surface area contributed by atoms with E-state index in [0.29, 0.717) is 28.6 Å². The summed E-state index contributed by atoms with van der Waals surface area (Å²) in [6, 6.07) is 21.2. The van der Waals surface area contributed by atoms with E-state index < -0.39 is 0 Å². The number of benzene rings is 3. The molecule has 0 aromatic heterocycles. The molecule has 5 rings (SSSR count). The van der Waals surface area contributed by atoms with Gasteiger partial charge < -0.3 is 10.1 Å². The number of aryl methyl sites for hydroxylation is 1. The molecule has 0 bridgehead atoms. The van der Waals surface area contributed by atoms with Gasteiger partial charge in [0.15, 0.2) is 0 Å². The molecule has 2 aliphatic rings. The lowest BCUT2D eigenvalue weighted by Gasteiger charge is -2.37. The highest BCUT2D eigenvalue weighted by atomic mass is 35.5. The molecular formula is C27H25ClN2O. The predicted molar refractivity (Wildman–Crippen MR) is 129 cm³/mol. The van der Waals surface area contributed by atoms with E-state index in [-0.39, 0.29) is 0 Å². The molecular weight excluding hydrogens is 404 g/mol. The summed E-state index contributed by atoms with van der Waals surface area (Å²) in [5.74, 6) is 1.70. The number of allylic oxidation sites excluding steroid dienone is 2. The molecule has 0 unspecified atom stereocenters. The number of halogens is 1. The number of aliphatic imine (C=N–C) groups is 1. The summed E-state index contributed by atoms with van der Waals surface area (Å²) in [6.45, 7) is 2.17. The van der Waals surface area contributed by atoms with E-state index in [1.54, 1.807) is 7.11 Å². The molecule has 31 heavy (non-hydrogen) atoms. The molecule has 3 aromatic carbocycles. The van der Waals surface area contributed by atoms with Crippen LogP contribution in [-0.4, -0.2) is 13.3 Å². The van der Waals surface area contributed by atoms with Crippen LogP contribution in [0.3, 0.4) is 0 Å². The summed E-state index contributed by atoms with van der Waals surface area (Å²) < 4.78 is 5.20. The van der Waals surface area contributed by atoms with Gasteiger partial charge in [0.2, 0.25) is 0 Å². The molecule has 0 amide bonds. The Morgan fingerprint density at radius 2 is 1.90 bits per heavy atom. The molecule has 1 aliphatic carbocycles. The summed E-state index contributed by atoms with van der Waals surface area (Å²) in [5, 5.41) is 4.38. The SMILES string of the molecule is COc1ccc(C=Nc2ccc([C@@H]3Nc4ccc(C)cc4[C@H]4C=CC[C@@H]43)cc2)cc1Cl. The minimum absolute atomic E-state index is 0.300. The molecule has 0 spiro atoms. The Morgan fingerprint density at radius 1 is 1.06 bits per heavy atom. The van der Waals surface area contributed by atoms with E-state index in [4.69, 9.17) is 16.3 Å². The minimum atomic E-state index is 0.300. The fourth-order valence-electron chi connectivity index (χ4n) is 4.72. The van der Waals surface area contributed by atoms with E-state index in [1.807, 2.05) is 24.4 Å². The number of hydrogen-bond donors (Lipinski definition) is 1. The van der Waals surface area contributed by atoms with Gasteiger partial charge in [-0.05, 0) is 72.4 Å².